The van der Waals surface area contributed by atoms with Gasteiger partial charge in [-0.25, -0.2) is 0 Å². The highest BCUT2D eigenvalue weighted by molar-refractivity contribution is 8.00. The number of hydrogen-bond acceptors (Lipinski definition) is 3. The van der Waals surface area contributed by atoms with Crippen molar-refractivity contribution >= 4 is 31.0 Å². The SMILES string of the molecule is CC(C)(C)[Si](C)(C)c1cccc2c1OC(=O)CS2. The van der Waals surface area contributed by atoms with E-state index in [1.807, 2.05) is 6.07 Å². The van der Waals surface area contributed by atoms with Crippen LogP contribution in [0.2, 0.25) is 18.1 Å². The van der Waals surface area contributed by atoms with E-state index in [0.717, 1.165) is 10.6 Å². The molecule has 0 spiro atoms. The largest absolute Gasteiger partial charge is 0.425 e. The molecule has 0 N–H and O–H groups in total. The van der Waals surface area contributed by atoms with Crippen molar-refractivity contribution in [2.75, 3.05) is 5.75 Å². The summed E-state index contributed by atoms with van der Waals surface area (Å²) in [5, 5.41) is 1.49. The molecule has 0 atom stereocenters. The molecular formula is C14H20O2SSi. The molecule has 1 aromatic carbocycles. The lowest BCUT2D eigenvalue weighted by Gasteiger charge is -2.38. The molecule has 2 nitrogen and oxygen atoms in total. The summed E-state index contributed by atoms with van der Waals surface area (Å²) >= 11 is 1.59. The number of ether oxygens (including phenoxy) is 1. The molecule has 0 radical (unpaired) electrons. The first-order valence-corrected chi connectivity index (χ1v) is 10.2. The Morgan fingerprint density at radius 2 is 1.94 bits per heavy atom. The molecule has 1 aliphatic heterocycles. The summed E-state index contributed by atoms with van der Waals surface area (Å²) in [7, 11) is -1.68. The molecule has 1 heterocycles. The maximum absolute atomic E-state index is 11.5. The molecule has 0 fully saturated rings. The average molecular weight is 280 g/mol. The fraction of sp³-hybridized carbons (Fsp3) is 0.500. The fourth-order valence-corrected chi connectivity index (χ4v) is 4.87. The number of carbonyl (C=O) groups is 1. The zero-order valence-corrected chi connectivity index (χ0v) is 13.5. The molecule has 0 aliphatic carbocycles. The molecule has 0 saturated heterocycles. The summed E-state index contributed by atoms with van der Waals surface area (Å²) < 4.78 is 5.52. The molecule has 4 heteroatoms. The van der Waals surface area contributed by atoms with Gasteiger partial charge in [0, 0.05) is 0 Å². The van der Waals surface area contributed by atoms with Gasteiger partial charge in [-0.3, -0.25) is 4.79 Å². The van der Waals surface area contributed by atoms with Crippen molar-refractivity contribution in [3.05, 3.63) is 18.2 Å². The van der Waals surface area contributed by atoms with Crippen molar-refractivity contribution in [1.29, 1.82) is 0 Å². The minimum atomic E-state index is -1.68. The Morgan fingerprint density at radius 1 is 1.28 bits per heavy atom. The fourth-order valence-electron chi connectivity index (χ4n) is 1.91. The average Bonchev–Trinajstić information content (AvgIpc) is 2.26. The van der Waals surface area contributed by atoms with Gasteiger partial charge in [0.05, 0.1) is 18.7 Å². The molecule has 2 rings (SSSR count). The van der Waals surface area contributed by atoms with Gasteiger partial charge < -0.3 is 4.74 Å². The summed E-state index contributed by atoms with van der Waals surface area (Å²) in [6.45, 7) is 11.5. The second kappa shape index (κ2) is 4.42. The van der Waals surface area contributed by atoms with E-state index in [9.17, 15) is 4.79 Å². The Kier molecular flexibility index (Phi) is 3.36. The third-order valence-corrected chi connectivity index (χ3v) is 10.6. The zero-order chi connectivity index (χ0) is 13.6. The van der Waals surface area contributed by atoms with Crippen LogP contribution in [0.4, 0.5) is 0 Å². The Balaban J connectivity index is 2.56. The Morgan fingerprint density at radius 3 is 2.56 bits per heavy atom. The molecule has 1 aliphatic rings. The lowest BCUT2D eigenvalue weighted by atomic mass is 10.2. The van der Waals surface area contributed by atoms with Crippen LogP contribution in [0, 0.1) is 0 Å². The van der Waals surface area contributed by atoms with E-state index in [4.69, 9.17) is 4.74 Å². The summed E-state index contributed by atoms with van der Waals surface area (Å²) in [6.07, 6.45) is 0. The minimum absolute atomic E-state index is 0.126. The number of thioether (sulfide) groups is 1. The quantitative estimate of drug-likeness (QED) is 0.448. The van der Waals surface area contributed by atoms with Crippen LogP contribution < -0.4 is 9.92 Å². The van der Waals surface area contributed by atoms with Crippen LogP contribution in [0.5, 0.6) is 5.75 Å². The second-order valence-corrected chi connectivity index (χ2v) is 12.6. The molecule has 1 aromatic rings. The number of para-hydroxylation sites is 1. The van der Waals surface area contributed by atoms with E-state index in [2.05, 4.69) is 46.0 Å². The highest BCUT2D eigenvalue weighted by atomic mass is 32.2. The third kappa shape index (κ3) is 2.23. The maximum Gasteiger partial charge on any atom is 0.321 e. The lowest BCUT2D eigenvalue weighted by molar-refractivity contribution is -0.131. The van der Waals surface area contributed by atoms with Crippen molar-refractivity contribution in [2.45, 2.75) is 43.8 Å². The standard InChI is InChI=1S/C14H20O2SSi/c1-14(2,3)18(4,5)11-8-6-7-10-13(11)16-12(15)9-17-10/h6-8H,9H2,1-5H3. The van der Waals surface area contributed by atoms with Crippen LogP contribution in [0.15, 0.2) is 23.1 Å². The van der Waals surface area contributed by atoms with Crippen molar-refractivity contribution < 1.29 is 9.53 Å². The lowest BCUT2D eigenvalue weighted by Crippen LogP contribution is -2.50. The van der Waals surface area contributed by atoms with E-state index in [1.165, 1.54) is 5.19 Å². The molecule has 0 amide bonds. The second-order valence-electron chi connectivity index (χ2n) is 6.27. The van der Waals surface area contributed by atoms with Gasteiger partial charge in [0.25, 0.3) is 0 Å². The number of esters is 1. The smallest absolute Gasteiger partial charge is 0.321 e. The first-order chi connectivity index (χ1) is 8.23. The van der Waals surface area contributed by atoms with Crippen LogP contribution in [0.25, 0.3) is 0 Å². The van der Waals surface area contributed by atoms with Gasteiger partial charge in [0.2, 0.25) is 0 Å². The van der Waals surface area contributed by atoms with E-state index >= 15 is 0 Å². The van der Waals surface area contributed by atoms with Crippen molar-refractivity contribution in [1.82, 2.24) is 0 Å². The highest BCUT2D eigenvalue weighted by Crippen LogP contribution is 2.40. The normalized spacial score (nSPS) is 16.2. The van der Waals surface area contributed by atoms with Gasteiger partial charge in [0.15, 0.2) is 0 Å². The van der Waals surface area contributed by atoms with Crippen LogP contribution in [0.3, 0.4) is 0 Å². The molecule has 98 valence electrons. The summed E-state index contributed by atoms with van der Waals surface area (Å²) in [5.41, 5.74) is 0. The molecule has 18 heavy (non-hydrogen) atoms. The van der Waals surface area contributed by atoms with Gasteiger partial charge in [-0.2, -0.15) is 0 Å². The van der Waals surface area contributed by atoms with Crippen LogP contribution in [-0.2, 0) is 4.79 Å². The molecule has 0 saturated carbocycles. The van der Waals surface area contributed by atoms with Gasteiger partial charge in [-0.1, -0.05) is 46.0 Å². The minimum Gasteiger partial charge on any atom is -0.425 e. The van der Waals surface area contributed by atoms with Crippen LogP contribution in [0.1, 0.15) is 20.8 Å². The Labute approximate surface area is 114 Å². The monoisotopic (exact) mass is 280 g/mol. The number of carbonyl (C=O) groups excluding carboxylic acids is 1. The first-order valence-electron chi connectivity index (χ1n) is 6.20. The van der Waals surface area contributed by atoms with Crippen molar-refractivity contribution in [2.24, 2.45) is 0 Å². The summed E-state index contributed by atoms with van der Waals surface area (Å²) in [6, 6.07) is 6.26. The van der Waals surface area contributed by atoms with Crippen molar-refractivity contribution in [3.8, 4) is 5.75 Å². The van der Waals surface area contributed by atoms with E-state index in [1.54, 1.807) is 11.8 Å². The topological polar surface area (TPSA) is 26.3 Å². The van der Waals surface area contributed by atoms with Gasteiger partial charge >= 0.3 is 5.97 Å². The number of benzene rings is 1. The van der Waals surface area contributed by atoms with E-state index < -0.39 is 8.07 Å². The van der Waals surface area contributed by atoms with E-state index in [0.29, 0.717) is 5.75 Å². The molecule has 0 aromatic heterocycles. The molecular weight excluding hydrogens is 260 g/mol. The highest BCUT2D eigenvalue weighted by Gasteiger charge is 2.40. The van der Waals surface area contributed by atoms with Gasteiger partial charge in [0.1, 0.15) is 5.75 Å². The Hall–Kier alpha value is -0.743. The third-order valence-electron chi connectivity index (χ3n) is 4.09. The number of hydrogen-bond donors (Lipinski definition) is 0. The molecule has 0 unspecified atom stereocenters. The van der Waals surface area contributed by atoms with Crippen LogP contribution in [-0.4, -0.2) is 19.8 Å². The number of fused-ring (bicyclic) bond motifs is 1. The van der Waals surface area contributed by atoms with Crippen LogP contribution >= 0.6 is 11.8 Å². The Bertz CT molecular complexity index is 489. The number of rotatable bonds is 1. The molecule has 0 bridgehead atoms. The first kappa shape index (κ1) is 13.7. The predicted molar refractivity (Wildman–Crippen MR) is 79.6 cm³/mol. The van der Waals surface area contributed by atoms with Crippen molar-refractivity contribution in [3.63, 3.8) is 0 Å². The van der Waals surface area contributed by atoms with E-state index in [-0.39, 0.29) is 11.0 Å². The maximum atomic E-state index is 11.5. The predicted octanol–water partition coefficient (Wildman–Crippen LogP) is 3.41. The summed E-state index contributed by atoms with van der Waals surface area (Å²) in [5.74, 6) is 1.12. The van der Waals surface area contributed by atoms with Gasteiger partial charge in [-0.05, 0) is 16.3 Å². The zero-order valence-electron chi connectivity index (χ0n) is 11.7. The van der Waals surface area contributed by atoms with Gasteiger partial charge in [-0.15, -0.1) is 11.8 Å². The summed E-state index contributed by atoms with van der Waals surface area (Å²) in [4.78, 5) is 12.6.